The maximum absolute atomic E-state index is 12.4. The van der Waals surface area contributed by atoms with Gasteiger partial charge in [-0.25, -0.2) is 4.57 Å². The number of rotatable bonds is 30. The number of aliphatic hydroxyl groups is 1. The van der Waals surface area contributed by atoms with Crippen molar-refractivity contribution in [2.24, 2.45) is 0 Å². The highest BCUT2D eigenvalue weighted by molar-refractivity contribution is 7.47. The molecule has 0 spiro atoms. The summed E-state index contributed by atoms with van der Waals surface area (Å²) in [6.45, 7) is 1.86. The number of ether oxygens (including phenoxy) is 2. The SMILES string of the molecule is CCCCCCCCCCCCCCCC(=O)OCC(COP(=O)(O)OCC[N+](C)(C)C)OC(=O)CCCC(O)C=CC=O. The topological polar surface area (TPSA) is 146 Å². The molecule has 0 radical (unpaired) electrons. The zero-order valence-electron chi connectivity index (χ0n) is 27.8. The number of likely N-dealkylation sites (N-methyl/N-ethyl adjacent to an activating group) is 1. The Morgan fingerprint density at radius 2 is 1.34 bits per heavy atom. The van der Waals surface area contributed by atoms with Crippen molar-refractivity contribution in [3.63, 3.8) is 0 Å². The van der Waals surface area contributed by atoms with Gasteiger partial charge in [-0.05, 0) is 25.3 Å². The smallest absolute Gasteiger partial charge is 0.462 e. The second-order valence-electron chi connectivity index (χ2n) is 12.4. The Hall–Kier alpha value is -1.62. The summed E-state index contributed by atoms with van der Waals surface area (Å²) < 4.78 is 33.5. The molecule has 0 fully saturated rings. The van der Waals surface area contributed by atoms with Crippen molar-refractivity contribution in [3.05, 3.63) is 12.2 Å². The molecule has 0 aliphatic carbocycles. The normalized spacial score (nSPS) is 14.7. The van der Waals surface area contributed by atoms with E-state index in [0.29, 0.717) is 23.7 Å². The maximum Gasteiger partial charge on any atom is 0.472 e. The number of phosphoric acid groups is 1. The molecule has 0 aliphatic heterocycles. The van der Waals surface area contributed by atoms with Gasteiger partial charge in [0.05, 0.1) is 33.9 Å². The molecule has 0 amide bonds. The first-order valence-electron chi connectivity index (χ1n) is 16.5. The number of aldehydes is 1. The van der Waals surface area contributed by atoms with Crippen LogP contribution in [0.3, 0.4) is 0 Å². The summed E-state index contributed by atoms with van der Waals surface area (Å²) in [6.07, 6.45) is 17.4. The van der Waals surface area contributed by atoms with Gasteiger partial charge in [0.1, 0.15) is 26.0 Å². The molecule has 2 N–H and O–H groups in total. The molecule has 44 heavy (non-hydrogen) atoms. The largest absolute Gasteiger partial charge is 0.472 e. The summed E-state index contributed by atoms with van der Waals surface area (Å²) in [4.78, 5) is 45.1. The Morgan fingerprint density at radius 1 is 0.795 bits per heavy atom. The van der Waals surface area contributed by atoms with Crippen LogP contribution in [-0.2, 0) is 37.5 Å². The van der Waals surface area contributed by atoms with E-state index >= 15 is 0 Å². The monoisotopic (exact) mass is 650 g/mol. The number of phosphoric ester groups is 1. The number of hydrogen-bond acceptors (Lipinski definition) is 9. The van der Waals surface area contributed by atoms with Gasteiger partial charge in [-0.3, -0.25) is 23.4 Å². The van der Waals surface area contributed by atoms with E-state index in [1.807, 2.05) is 21.1 Å². The predicted octanol–water partition coefficient (Wildman–Crippen LogP) is 6.05. The van der Waals surface area contributed by atoms with Gasteiger partial charge in [-0.2, -0.15) is 0 Å². The van der Waals surface area contributed by atoms with Gasteiger partial charge in [0.2, 0.25) is 0 Å². The van der Waals surface area contributed by atoms with Crippen molar-refractivity contribution in [2.45, 2.75) is 128 Å². The van der Waals surface area contributed by atoms with Crippen LogP contribution in [0.15, 0.2) is 12.2 Å². The summed E-state index contributed by atoms with van der Waals surface area (Å²) in [5.41, 5.74) is 0. The van der Waals surface area contributed by atoms with Gasteiger partial charge in [0, 0.05) is 12.8 Å². The number of esters is 2. The second kappa shape index (κ2) is 26.6. The minimum Gasteiger partial charge on any atom is -0.462 e. The van der Waals surface area contributed by atoms with Crippen LogP contribution in [0.1, 0.15) is 116 Å². The van der Waals surface area contributed by atoms with Crippen LogP contribution < -0.4 is 0 Å². The molecular formula is C32H61NO10P+. The first kappa shape index (κ1) is 42.4. The average Bonchev–Trinajstić information content (AvgIpc) is 2.95. The number of hydrogen-bond donors (Lipinski definition) is 2. The Balaban J connectivity index is 4.48. The van der Waals surface area contributed by atoms with E-state index in [1.165, 1.54) is 69.9 Å². The van der Waals surface area contributed by atoms with Crippen LogP contribution in [0.4, 0.5) is 0 Å². The Kier molecular flexibility index (Phi) is 25.6. The lowest BCUT2D eigenvalue weighted by atomic mass is 10.0. The molecule has 0 bridgehead atoms. The molecule has 0 aliphatic rings. The van der Waals surface area contributed by atoms with Gasteiger partial charge < -0.3 is 24.0 Å². The quantitative estimate of drug-likeness (QED) is 0.0235. The number of aliphatic hydroxyl groups excluding tert-OH is 1. The molecule has 0 saturated heterocycles. The average molecular weight is 651 g/mol. The van der Waals surface area contributed by atoms with Crippen molar-refractivity contribution < 1.29 is 52.0 Å². The van der Waals surface area contributed by atoms with E-state index < -0.39 is 38.6 Å². The van der Waals surface area contributed by atoms with Gasteiger partial charge >= 0.3 is 19.8 Å². The van der Waals surface area contributed by atoms with Crippen molar-refractivity contribution in [2.75, 3.05) is 47.5 Å². The number of allylic oxidation sites excluding steroid dienone is 1. The van der Waals surface area contributed by atoms with Crippen molar-refractivity contribution in [3.8, 4) is 0 Å². The summed E-state index contributed by atoms with van der Waals surface area (Å²) in [5, 5.41) is 9.76. The standard InChI is InChI=1S/C32H60NO10P/c1-5-6-7-8-9-10-11-12-13-14-15-16-17-22-31(36)40-27-30(28-42-44(38,39)41-26-24-33(2,3)4)43-32(37)23-18-20-29(35)21-19-25-34/h19,21,25,29-30,35H,5-18,20,22-24,26-28H2,1-4H3/p+1. The Morgan fingerprint density at radius 3 is 1.89 bits per heavy atom. The number of carbonyl (C=O) groups is 3. The van der Waals surface area contributed by atoms with Gasteiger partial charge in [-0.15, -0.1) is 0 Å². The molecule has 0 heterocycles. The lowest BCUT2D eigenvalue weighted by molar-refractivity contribution is -0.870. The maximum atomic E-state index is 12.4. The first-order valence-corrected chi connectivity index (χ1v) is 18.0. The molecule has 0 saturated carbocycles. The fraction of sp³-hybridized carbons (Fsp3) is 0.844. The highest BCUT2D eigenvalue weighted by atomic mass is 31.2. The van der Waals surface area contributed by atoms with Crippen molar-refractivity contribution in [1.82, 2.24) is 0 Å². The van der Waals surface area contributed by atoms with Crippen LogP contribution in [0.25, 0.3) is 0 Å². The van der Waals surface area contributed by atoms with Gasteiger partial charge in [0.15, 0.2) is 6.10 Å². The minimum atomic E-state index is -4.42. The van der Waals surface area contributed by atoms with E-state index in [9.17, 15) is 28.9 Å². The third-order valence-electron chi connectivity index (χ3n) is 6.95. The van der Waals surface area contributed by atoms with Crippen molar-refractivity contribution in [1.29, 1.82) is 0 Å². The summed E-state index contributed by atoms with van der Waals surface area (Å²) in [6, 6.07) is 0. The van der Waals surface area contributed by atoms with Crippen LogP contribution in [0.5, 0.6) is 0 Å². The molecule has 0 rings (SSSR count). The third-order valence-corrected chi connectivity index (χ3v) is 7.93. The van der Waals surface area contributed by atoms with Crippen LogP contribution in [0.2, 0.25) is 0 Å². The first-order chi connectivity index (χ1) is 20.9. The molecule has 11 nitrogen and oxygen atoms in total. The highest BCUT2D eigenvalue weighted by Crippen LogP contribution is 2.43. The number of quaternary nitrogens is 1. The Bertz CT molecular complexity index is 830. The lowest BCUT2D eigenvalue weighted by Gasteiger charge is -2.24. The zero-order valence-corrected chi connectivity index (χ0v) is 28.7. The van der Waals surface area contributed by atoms with Gasteiger partial charge in [0.25, 0.3) is 0 Å². The van der Waals surface area contributed by atoms with Crippen LogP contribution in [-0.4, -0.2) is 92.4 Å². The summed E-state index contributed by atoms with van der Waals surface area (Å²) in [5.74, 6) is -1.08. The fourth-order valence-corrected chi connectivity index (χ4v) is 5.02. The molecule has 0 aromatic carbocycles. The Labute approximate surface area is 265 Å². The van der Waals surface area contributed by atoms with E-state index in [-0.39, 0.29) is 38.9 Å². The summed E-state index contributed by atoms with van der Waals surface area (Å²) >= 11 is 0. The number of nitrogens with zero attached hydrogens (tertiary/aromatic N) is 1. The molecule has 12 heteroatoms. The number of unbranched alkanes of at least 4 members (excludes halogenated alkanes) is 12. The van der Waals surface area contributed by atoms with E-state index in [4.69, 9.17) is 18.5 Å². The summed E-state index contributed by atoms with van der Waals surface area (Å²) in [7, 11) is 1.30. The van der Waals surface area contributed by atoms with Crippen LogP contribution in [0, 0.1) is 0 Å². The van der Waals surface area contributed by atoms with E-state index in [0.717, 1.165) is 19.3 Å². The minimum absolute atomic E-state index is 0.0171. The molecular weight excluding hydrogens is 589 g/mol. The van der Waals surface area contributed by atoms with E-state index in [1.54, 1.807) is 0 Å². The van der Waals surface area contributed by atoms with E-state index in [2.05, 4.69) is 6.92 Å². The predicted molar refractivity (Wildman–Crippen MR) is 171 cm³/mol. The molecule has 0 aromatic heterocycles. The highest BCUT2D eigenvalue weighted by Gasteiger charge is 2.27. The zero-order chi connectivity index (χ0) is 33.1. The van der Waals surface area contributed by atoms with Gasteiger partial charge in [-0.1, -0.05) is 90.0 Å². The second-order valence-corrected chi connectivity index (χ2v) is 13.8. The number of carbonyl (C=O) groups excluding carboxylic acids is 3. The lowest BCUT2D eigenvalue weighted by Crippen LogP contribution is -2.37. The molecule has 3 unspecified atom stereocenters. The van der Waals surface area contributed by atoms with Crippen molar-refractivity contribution >= 4 is 26.0 Å². The molecule has 258 valence electrons. The van der Waals surface area contributed by atoms with Crippen LogP contribution >= 0.6 is 7.82 Å². The molecule has 0 aromatic rings. The molecule has 3 atom stereocenters. The third kappa shape index (κ3) is 29.1. The fourth-order valence-electron chi connectivity index (χ4n) is 4.28.